The van der Waals surface area contributed by atoms with E-state index in [9.17, 15) is 9.18 Å². The van der Waals surface area contributed by atoms with Gasteiger partial charge >= 0.3 is 6.01 Å². The van der Waals surface area contributed by atoms with Gasteiger partial charge in [-0.3, -0.25) is 9.69 Å². The summed E-state index contributed by atoms with van der Waals surface area (Å²) in [5.41, 5.74) is 6.14. The summed E-state index contributed by atoms with van der Waals surface area (Å²) < 4.78 is 40.0. The van der Waals surface area contributed by atoms with Gasteiger partial charge < -0.3 is 25.3 Å². The summed E-state index contributed by atoms with van der Waals surface area (Å²) in [6.07, 6.45) is 5.23. The van der Waals surface area contributed by atoms with Gasteiger partial charge in [-0.2, -0.15) is 9.97 Å². The van der Waals surface area contributed by atoms with Gasteiger partial charge in [-0.05, 0) is 71.2 Å². The van der Waals surface area contributed by atoms with Crippen molar-refractivity contribution in [1.82, 2.24) is 29.7 Å². The number of nitrogens with zero attached hydrogens (tertiary/aromatic N) is 6. The van der Waals surface area contributed by atoms with Crippen LogP contribution in [0.3, 0.4) is 0 Å². The molecular formula is C30H34F2N8O2S. The number of thiazole rings is 1. The van der Waals surface area contributed by atoms with E-state index in [0.717, 1.165) is 69.5 Å². The topological polar surface area (TPSA) is 114 Å². The lowest BCUT2D eigenvalue weighted by atomic mass is 10.1. The van der Waals surface area contributed by atoms with Crippen LogP contribution < -0.4 is 26.2 Å². The molecule has 1 saturated carbocycles. The molecule has 0 amide bonds. The van der Waals surface area contributed by atoms with Gasteiger partial charge in [0.05, 0.1) is 15.9 Å². The van der Waals surface area contributed by atoms with Crippen LogP contribution in [0.5, 0.6) is 6.01 Å². The average molecular weight is 609 g/mol. The number of hydrogen-bond donors (Lipinski definition) is 2. The maximum absolute atomic E-state index is 17.2. The van der Waals surface area contributed by atoms with Crippen LogP contribution in [0, 0.1) is 11.6 Å². The number of likely N-dealkylation sites (tertiary alicyclic amines) is 1. The van der Waals surface area contributed by atoms with Gasteiger partial charge in [-0.15, -0.1) is 0 Å². The van der Waals surface area contributed by atoms with Crippen molar-refractivity contribution in [3.63, 3.8) is 0 Å². The smallest absolute Gasteiger partial charge is 0.319 e. The van der Waals surface area contributed by atoms with Gasteiger partial charge in [0, 0.05) is 42.8 Å². The monoisotopic (exact) mass is 608 g/mol. The molecule has 3 aliphatic heterocycles. The van der Waals surface area contributed by atoms with Crippen molar-refractivity contribution in [3.8, 4) is 17.3 Å². The minimum Gasteiger partial charge on any atom is -0.459 e. The van der Waals surface area contributed by atoms with E-state index in [0.29, 0.717) is 11.4 Å². The third-order valence-electron chi connectivity index (χ3n) is 9.67. The minimum absolute atomic E-state index is 0.0535. The highest BCUT2D eigenvalue weighted by molar-refractivity contribution is 7.22. The van der Waals surface area contributed by atoms with Crippen molar-refractivity contribution < 1.29 is 13.5 Å². The minimum atomic E-state index is -0.664. The fourth-order valence-corrected chi connectivity index (χ4v) is 8.24. The summed E-state index contributed by atoms with van der Waals surface area (Å²) in [6.45, 7) is 4.50. The molecule has 0 radical (unpaired) electrons. The number of piperazine rings is 1. The molecule has 0 spiro atoms. The number of benzene rings is 1. The molecule has 4 fully saturated rings. The second-order valence-corrected chi connectivity index (χ2v) is 13.4. The van der Waals surface area contributed by atoms with Crippen molar-refractivity contribution in [2.75, 3.05) is 37.3 Å². The normalized spacial score (nSPS) is 24.8. The molecule has 226 valence electrons. The van der Waals surface area contributed by atoms with Crippen LogP contribution in [0.2, 0.25) is 0 Å². The van der Waals surface area contributed by atoms with Crippen LogP contribution in [-0.2, 0) is 0 Å². The van der Waals surface area contributed by atoms with Crippen LogP contribution in [-0.4, -0.2) is 75.3 Å². The van der Waals surface area contributed by atoms with Gasteiger partial charge in [0.1, 0.15) is 28.6 Å². The van der Waals surface area contributed by atoms with Crippen molar-refractivity contribution in [1.29, 1.82) is 0 Å². The Morgan fingerprint density at radius 3 is 2.49 bits per heavy atom. The molecule has 8 rings (SSSR count). The summed E-state index contributed by atoms with van der Waals surface area (Å²) in [5, 5.41) is 3.81. The van der Waals surface area contributed by atoms with Crippen molar-refractivity contribution in [2.45, 2.75) is 75.7 Å². The molecule has 4 aliphatic rings. The van der Waals surface area contributed by atoms with E-state index in [1.54, 1.807) is 0 Å². The Morgan fingerprint density at radius 1 is 1.05 bits per heavy atom. The highest BCUT2D eigenvalue weighted by Crippen LogP contribution is 2.44. The second kappa shape index (κ2) is 10.1. The number of halogens is 2. The van der Waals surface area contributed by atoms with Gasteiger partial charge in [0.15, 0.2) is 10.9 Å². The first-order chi connectivity index (χ1) is 20.8. The van der Waals surface area contributed by atoms with Gasteiger partial charge in [-0.1, -0.05) is 11.3 Å². The van der Waals surface area contributed by atoms with E-state index < -0.39 is 11.6 Å². The summed E-state index contributed by atoms with van der Waals surface area (Å²) in [4.78, 5) is 32.8. The highest BCUT2D eigenvalue weighted by Gasteiger charge is 2.41. The van der Waals surface area contributed by atoms with Crippen molar-refractivity contribution in [3.05, 3.63) is 34.1 Å². The summed E-state index contributed by atoms with van der Waals surface area (Å²) in [7, 11) is 2.07. The third-order valence-corrected chi connectivity index (χ3v) is 10.6. The Kier molecular flexibility index (Phi) is 6.35. The molecule has 4 aromatic rings. The van der Waals surface area contributed by atoms with Crippen LogP contribution in [0.4, 0.5) is 19.7 Å². The Bertz CT molecular complexity index is 1810. The SMILES string of the molecule is C[C@H](Oc1nc(N2C3CCC2CNC3)c2c(=O)n(C3CC3)c(-c3ccc(F)c4sc(N)nc34)c(F)c2n1)[C@@H]1CCCN1C. The summed E-state index contributed by atoms with van der Waals surface area (Å²) in [5.74, 6) is -0.717. The highest BCUT2D eigenvalue weighted by atomic mass is 32.1. The molecule has 2 bridgehead atoms. The quantitative estimate of drug-likeness (QED) is 0.335. The standard InChI is InChI=1S/C30H34F2N8O2S/c1-14(20-4-3-11-38(20)2)42-30-36-24-21(27(37-30)39-16-7-8-17(39)13-34-12-16)28(41)40(15-5-6-15)25(22(24)32)18-9-10-19(31)26-23(18)35-29(33)43-26/h9-10,14-17,20,34H,3-8,11-13H2,1-2H3,(H2,33,35)/t14-,16?,17?,20-/m0/s1. The zero-order valence-corrected chi connectivity index (χ0v) is 25.0. The van der Waals surface area contributed by atoms with Gasteiger partial charge in [-0.25, -0.2) is 13.8 Å². The van der Waals surface area contributed by atoms with Crippen LogP contribution in [0.15, 0.2) is 16.9 Å². The Morgan fingerprint density at radius 2 is 1.79 bits per heavy atom. The number of anilines is 2. The number of pyridine rings is 1. The molecule has 1 aromatic carbocycles. The zero-order chi connectivity index (χ0) is 29.6. The van der Waals surface area contributed by atoms with E-state index in [1.807, 2.05) is 6.92 Å². The lowest BCUT2D eigenvalue weighted by molar-refractivity contribution is 0.112. The first-order valence-corrected chi connectivity index (χ1v) is 16.0. The molecule has 2 unspecified atom stereocenters. The van der Waals surface area contributed by atoms with Crippen LogP contribution in [0.1, 0.15) is 51.5 Å². The summed E-state index contributed by atoms with van der Waals surface area (Å²) >= 11 is 1.00. The number of aromatic nitrogens is 4. The van der Waals surface area contributed by atoms with E-state index in [-0.39, 0.29) is 73.8 Å². The lowest BCUT2D eigenvalue weighted by Gasteiger charge is -2.37. The molecule has 6 heterocycles. The van der Waals surface area contributed by atoms with Crippen LogP contribution >= 0.6 is 11.3 Å². The molecule has 3 N–H and O–H groups in total. The van der Waals surface area contributed by atoms with E-state index in [1.165, 1.54) is 16.7 Å². The Balaban J connectivity index is 1.39. The number of likely N-dealkylation sites (N-methyl/N-ethyl adjacent to an activating group) is 1. The first-order valence-electron chi connectivity index (χ1n) is 15.2. The van der Waals surface area contributed by atoms with E-state index >= 15 is 4.39 Å². The molecule has 10 nitrogen and oxygen atoms in total. The Hall–Kier alpha value is -3.42. The fourth-order valence-electron chi connectivity index (χ4n) is 7.47. The molecule has 1 aliphatic carbocycles. The third kappa shape index (κ3) is 4.30. The van der Waals surface area contributed by atoms with E-state index in [2.05, 4.69) is 32.1 Å². The van der Waals surface area contributed by atoms with Gasteiger partial charge in [0.25, 0.3) is 5.56 Å². The molecule has 3 saturated heterocycles. The number of nitrogen functional groups attached to an aromatic ring is 1. The number of ether oxygens (including phenoxy) is 1. The predicted octanol–water partition coefficient (Wildman–Crippen LogP) is 4.07. The lowest BCUT2D eigenvalue weighted by Crippen LogP contribution is -2.52. The molecule has 43 heavy (non-hydrogen) atoms. The Labute approximate surface area is 250 Å². The van der Waals surface area contributed by atoms with Crippen LogP contribution in [0.25, 0.3) is 32.4 Å². The van der Waals surface area contributed by atoms with Crippen molar-refractivity contribution >= 4 is 43.4 Å². The van der Waals surface area contributed by atoms with Crippen molar-refractivity contribution in [2.24, 2.45) is 0 Å². The first kappa shape index (κ1) is 27.2. The predicted molar refractivity (Wildman–Crippen MR) is 163 cm³/mol. The number of hydrogen-bond acceptors (Lipinski definition) is 10. The summed E-state index contributed by atoms with van der Waals surface area (Å²) in [6, 6.07) is 3.09. The maximum atomic E-state index is 17.2. The average Bonchev–Trinajstić information content (AvgIpc) is 3.51. The molecule has 3 aromatic heterocycles. The number of rotatable bonds is 6. The largest absolute Gasteiger partial charge is 0.459 e. The zero-order valence-electron chi connectivity index (χ0n) is 24.1. The number of fused-ring (bicyclic) bond motifs is 4. The van der Waals surface area contributed by atoms with E-state index in [4.69, 9.17) is 15.5 Å². The van der Waals surface area contributed by atoms with Gasteiger partial charge in [0.2, 0.25) is 0 Å². The molecular weight excluding hydrogens is 574 g/mol. The number of nitrogens with one attached hydrogen (secondary N) is 1. The molecule has 4 atom stereocenters. The fraction of sp³-hybridized carbons (Fsp3) is 0.533. The maximum Gasteiger partial charge on any atom is 0.319 e. The number of nitrogens with two attached hydrogens (primary N) is 1. The second-order valence-electron chi connectivity index (χ2n) is 12.4. The molecule has 13 heteroatoms.